The Kier molecular flexibility index (Phi) is 2.03. The molecule has 1 aliphatic heterocycles. The maximum atomic E-state index is 12.3. The third-order valence-electron chi connectivity index (χ3n) is 3.28. The maximum Gasteiger partial charge on any atom is 0.270 e. The minimum absolute atomic E-state index is 0.234. The van der Waals surface area contributed by atoms with Crippen molar-refractivity contribution in [3.05, 3.63) is 53.9 Å². The second kappa shape index (κ2) is 3.74. The van der Waals surface area contributed by atoms with Crippen LogP contribution in [0.25, 0.3) is 11.0 Å². The van der Waals surface area contributed by atoms with Crippen molar-refractivity contribution in [3.8, 4) is 0 Å². The second-order valence-electron chi connectivity index (χ2n) is 4.44. The molecule has 0 radical (unpaired) electrons. The number of carbonyl (C=O) groups excluding carboxylic acids is 2. The van der Waals surface area contributed by atoms with Crippen LogP contribution in [0.15, 0.2) is 42.7 Å². The second-order valence-corrected chi connectivity index (χ2v) is 4.44. The molecule has 1 aliphatic rings. The van der Waals surface area contributed by atoms with Gasteiger partial charge in [0.15, 0.2) is 0 Å². The Morgan fingerprint density at radius 2 is 1.80 bits per heavy atom. The van der Waals surface area contributed by atoms with E-state index in [0.717, 1.165) is 10.4 Å². The molecule has 0 aliphatic carbocycles. The van der Waals surface area contributed by atoms with Crippen LogP contribution in [-0.2, 0) is 0 Å². The monoisotopic (exact) mass is 264 g/mol. The van der Waals surface area contributed by atoms with Gasteiger partial charge in [-0.3, -0.25) is 14.6 Å². The number of H-pyrrole nitrogens is 1. The van der Waals surface area contributed by atoms with E-state index in [1.165, 1.54) is 18.5 Å². The van der Waals surface area contributed by atoms with Gasteiger partial charge in [-0.05, 0) is 18.2 Å². The molecule has 4 rings (SSSR count). The van der Waals surface area contributed by atoms with Crippen molar-refractivity contribution < 1.29 is 9.59 Å². The number of hydrogen-bond donors (Lipinski definition) is 1. The molecule has 0 bridgehead atoms. The number of anilines is 1. The molecule has 96 valence electrons. The molecule has 2 amide bonds. The Morgan fingerprint density at radius 3 is 2.60 bits per heavy atom. The first-order valence-corrected chi connectivity index (χ1v) is 6.03. The molecular formula is C14H8N4O2. The zero-order valence-electron chi connectivity index (χ0n) is 10.2. The summed E-state index contributed by atoms with van der Waals surface area (Å²) in [6, 6.07) is 8.90. The summed E-state index contributed by atoms with van der Waals surface area (Å²) in [7, 11) is 0. The summed E-state index contributed by atoms with van der Waals surface area (Å²) < 4.78 is 0. The van der Waals surface area contributed by atoms with E-state index in [1.54, 1.807) is 0 Å². The molecule has 3 heterocycles. The molecule has 0 saturated heterocycles. The highest BCUT2D eigenvalue weighted by Crippen LogP contribution is 2.27. The quantitative estimate of drug-likeness (QED) is 0.679. The van der Waals surface area contributed by atoms with E-state index in [1.807, 2.05) is 24.3 Å². The van der Waals surface area contributed by atoms with Gasteiger partial charge in [0.25, 0.3) is 11.8 Å². The highest BCUT2D eigenvalue weighted by atomic mass is 16.2. The van der Waals surface area contributed by atoms with Gasteiger partial charge in [-0.15, -0.1) is 0 Å². The predicted molar refractivity (Wildman–Crippen MR) is 71.5 cm³/mol. The first-order valence-electron chi connectivity index (χ1n) is 6.03. The van der Waals surface area contributed by atoms with Crippen LogP contribution >= 0.6 is 0 Å². The van der Waals surface area contributed by atoms with Crippen molar-refractivity contribution in [1.29, 1.82) is 0 Å². The molecule has 3 aromatic rings. The third-order valence-corrected chi connectivity index (χ3v) is 3.28. The molecule has 0 fully saturated rings. The number of para-hydroxylation sites is 2. The summed E-state index contributed by atoms with van der Waals surface area (Å²) in [6.45, 7) is 0. The lowest BCUT2D eigenvalue weighted by Gasteiger charge is -2.08. The predicted octanol–water partition coefficient (Wildman–Crippen LogP) is 1.76. The van der Waals surface area contributed by atoms with E-state index in [4.69, 9.17) is 0 Å². The van der Waals surface area contributed by atoms with Gasteiger partial charge < -0.3 is 4.98 Å². The minimum Gasteiger partial charge on any atom is -0.323 e. The number of benzene rings is 1. The zero-order chi connectivity index (χ0) is 13.7. The molecular weight excluding hydrogens is 256 g/mol. The number of hydrogen-bond acceptors (Lipinski definition) is 4. The van der Waals surface area contributed by atoms with Crippen LogP contribution in [-0.4, -0.2) is 26.8 Å². The highest BCUT2D eigenvalue weighted by Gasteiger charge is 2.38. The lowest BCUT2D eigenvalue weighted by molar-refractivity contribution is 0.0924. The summed E-state index contributed by atoms with van der Waals surface area (Å²) in [5, 5.41) is 0. The summed E-state index contributed by atoms with van der Waals surface area (Å²) in [6.07, 6.45) is 2.89. The molecule has 0 spiro atoms. The van der Waals surface area contributed by atoms with E-state index in [2.05, 4.69) is 15.0 Å². The Hall–Kier alpha value is -3.02. The van der Waals surface area contributed by atoms with E-state index >= 15 is 0 Å². The molecule has 0 saturated carbocycles. The molecule has 2 aromatic heterocycles. The number of amides is 2. The highest BCUT2D eigenvalue weighted by molar-refractivity contribution is 6.33. The van der Waals surface area contributed by atoms with Gasteiger partial charge >= 0.3 is 0 Å². The fraction of sp³-hybridized carbons (Fsp3) is 0. The summed E-state index contributed by atoms with van der Waals surface area (Å²) in [4.78, 5) is 36.8. The van der Waals surface area contributed by atoms with Crippen molar-refractivity contribution in [1.82, 2.24) is 15.0 Å². The molecule has 0 unspecified atom stereocenters. The molecule has 1 N–H and O–H groups in total. The van der Waals surface area contributed by atoms with Crippen LogP contribution in [0.3, 0.4) is 0 Å². The number of rotatable bonds is 1. The van der Waals surface area contributed by atoms with Crippen molar-refractivity contribution in [2.75, 3.05) is 4.90 Å². The zero-order valence-corrected chi connectivity index (χ0v) is 10.2. The van der Waals surface area contributed by atoms with Crippen LogP contribution in [0.4, 0.5) is 5.95 Å². The third kappa shape index (κ3) is 1.33. The Bertz CT molecular complexity index is 800. The lowest BCUT2D eigenvalue weighted by Crippen LogP contribution is -2.30. The average molecular weight is 264 g/mol. The average Bonchev–Trinajstić information content (AvgIpc) is 3.00. The number of carbonyl (C=O) groups is 2. The number of pyridine rings is 1. The van der Waals surface area contributed by atoms with Gasteiger partial charge in [0.1, 0.15) is 0 Å². The Balaban J connectivity index is 1.88. The minimum atomic E-state index is -0.405. The Labute approximate surface area is 113 Å². The van der Waals surface area contributed by atoms with Gasteiger partial charge in [0.2, 0.25) is 5.95 Å². The van der Waals surface area contributed by atoms with E-state index in [0.29, 0.717) is 16.6 Å². The van der Waals surface area contributed by atoms with E-state index < -0.39 is 5.91 Å². The molecule has 1 aromatic carbocycles. The van der Waals surface area contributed by atoms with Crippen molar-refractivity contribution in [3.63, 3.8) is 0 Å². The van der Waals surface area contributed by atoms with Gasteiger partial charge in [0.05, 0.1) is 22.2 Å². The maximum absolute atomic E-state index is 12.3. The summed E-state index contributed by atoms with van der Waals surface area (Å²) in [5.41, 5.74) is 2.14. The van der Waals surface area contributed by atoms with Crippen molar-refractivity contribution in [2.24, 2.45) is 0 Å². The number of aromatic nitrogens is 3. The topological polar surface area (TPSA) is 79.0 Å². The SMILES string of the molecule is O=C1c2ccncc2C(=O)N1c1nc2ccccc2[nH]1. The molecule has 6 nitrogen and oxygen atoms in total. The van der Waals surface area contributed by atoms with Crippen LogP contribution in [0.1, 0.15) is 20.7 Å². The van der Waals surface area contributed by atoms with Crippen LogP contribution in [0, 0.1) is 0 Å². The number of imidazole rings is 1. The molecule has 0 atom stereocenters. The van der Waals surface area contributed by atoms with Crippen molar-refractivity contribution in [2.45, 2.75) is 0 Å². The fourth-order valence-corrected chi connectivity index (χ4v) is 2.32. The van der Waals surface area contributed by atoms with E-state index in [9.17, 15) is 9.59 Å². The number of nitrogens with one attached hydrogen (secondary N) is 1. The van der Waals surface area contributed by atoms with Gasteiger partial charge in [-0.25, -0.2) is 9.88 Å². The van der Waals surface area contributed by atoms with Crippen LogP contribution in [0.5, 0.6) is 0 Å². The molecule has 6 heteroatoms. The summed E-state index contributed by atoms with van der Waals surface area (Å²) in [5.74, 6) is -0.555. The van der Waals surface area contributed by atoms with Crippen LogP contribution in [0.2, 0.25) is 0 Å². The first-order chi connectivity index (χ1) is 9.75. The van der Waals surface area contributed by atoms with Gasteiger partial charge in [-0.1, -0.05) is 12.1 Å². The Morgan fingerprint density at radius 1 is 1.00 bits per heavy atom. The van der Waals surface area contributed by atoms with E-state index in [-0.39, 0.29) is 11.9 Å². The fourth-order valence-electron chi connectivity index (χ4n) is 2.32. The first kappa shape index (κ1) is 10.9. The summed E-state index contributed by atoms with van der Waals surface area (Å²) >= 11 is 0. The van der Waals surface area contributed by atoms with Gasteiger partial charge in [0, 0.05) is 12.4 Å². The number of fused-ring (bicyclic) bond motifs is 2. The largest absolute Gasteiger partial charge is 0.323 e. The van der Waals surface area contributed by atoms with Gasteiger partial charge in [-0.2, -0.15) is 0 Å². The van der Waals surface area contributed by atoms with Crippen LogP contribution < -0.4 is 4.90 Å². The standard InChI is InChI=1S/C14H8N4O2/c19-12-8-5-6-15-7-9(8)13(20)18(12)14-16-10-3-1-2-4-11(10)17-14/h1-7H,(H,16,17). The van der Waals surface area contributed by atoms with Crippen molar-refractivity contribution >= 4 is 28.8 Å². The normalized spacial score (nSPS) is 14.1. The smallest absolute Gasteiger partial charge is 0.270 e. The molecule has 20 heavy (non-hydrogen) atoms. The number of aromatic amines is 1. The number of nitrogens with zero attached hydrogens (tertiary/aromatic N) is 3. The number of imide groups is 1. The lowest BCUT2D eigenvalue weighted by atomic mass is 10.2.